The fourth-order valence-corrected chi connectivity index (χ4v) is 2.09. The third-order valence-corrected chi connectivity index (χ3v) is 3.21. The second kappa shape index (κ2) is 6.45. The van der Waals surface area contributed by atoms with Crippen LogP contribution < -0.4 is 11.1 Å². The highest BCUT2D eigenvalue weighted by atomic mass is 35.5. The van der Waals surface area contributed by atoms with Gasteiger partial charge in [-0.15, -0.1) is 12.4 Å². The molecule has 3 nitrogen and oxygen atoms in total. The Balaban J connectivity index is 0.00000225. The normalized spacial score (nSPS) is 18.8. The minimum absolute atomic E-state index is 0. The van der Waals surface area contributed by atoms with Crippen LogP contribution in [-0.2, 0) is 4.79 Å². The molecule has 1 fully saturated rings. The average molecular weight is 249 g/mol. The summed E-state index contributed by atoms with van der Waals surface area (Å²) in [4.78, 5) is 11.5. The minimum atomic E-state index is -0.333. The van der Waals surface area contributed by atoms with Gasteiger partial charge in [0, 0.05) is 6.54 Å². The maximum absolute atomic E-state index is 11.5. The number of halogens is 1. The fraction of sp³-hybridized carbons (Fsp3) is 0.917. The van der Waals surface area contributed by atoms with Crippen molar-refractivity contribution in [2.24, 2.45) is 17.1 Å². The Kier molecular flexibility index (Phi) is 6.34. The topological polar surface area (TPSA) is 55.1 Å². The van der Waals surface area contributed by atoms with Crippen LogP contribution in [0.25, 0.3) is 0 Å². The molecule has 1 aliphatic carbocycles. The molecular weight excluding hydrogens is 224 g/mol. The highest BCUT2D eigenvalue weighted by molar-refractivity contribution is 5.85. The Hall–Kier alpha value is -0.280. The van der Waals surface area contributed by atoms with Gasteiger partial charge in [-0.05, 0) is 37.0 Å². The number of hydrogen-bond acceptors (Lipinski definition) is 2. The Bertz CT molecular complexity index is 227. The molecule has 0 aromatic rings. The van der Waals surface area contributed by atoms with E-state index in [2.05, 4.69) is 19.2 Å². The van der Waals surface area contributed by atoms with Crippen molar-refractivity contribution >= 4 is 18.3 Å². The van der Waals surface area contributed by atoms with Gasteiger partial charge in [-0.2, -0.15) is 0 Å². The van der Waals surface area contributed by atoms with Crippen LogP contribution in [0.4, 0.5) is 0 Å². The molecule has 16 heavy (non-hydrogen) atoms. The summed E-state index contributed by atoms with van der Waals surface area (Å²) in [5.41, 5.74) is 6.06. The molecule has 1 saturated carbocycles. The van der Waals surface area contributed by atoms with Gasteiger partial charge in [0.25, 0.3) is 0 Å². The number of carbonyl (C=O) groups is 1. The molecule has 1 aliphatic rings. The summed E-state index contributed by atoms with van der Waals surface area (Å²) in [6.07, 6.45) is 4.44. The van der Waals surface area contributed by atoms with Crippen molar-refractivity contribution < 1.29 is 4.79 Å². The quantitative estimate of drug-likeness (QED) is 0.756. The zero-order valence-electron chi connectivity index (χ0n) is 10.6. The van der Waals surface area contributed by atoms with E-state index in [-0.39, 0.29) is 24.4 Å². The molecule has 1 rings (SSSR count). The summed E-state index contributed by atoms with van der Waals surface area (Å²) in [5, 5.41) is 2.98. The van der Waals surface area contributed by atoms with Crippen LogP contribution in [0.2, 0.25) is 0 Å². The maximum atomic E-state index is 11.5. The number of carbonyl (C=O) groups excluding carboxylic acids is 1. The lowest BCUT2D eigenvalue weighted by Crippen LogP contribution is -2.42. The molecule has 0 aliphatic heterocycles. The number of hydrogen-bond donors (Lipinski definition) is 2. The Morgan fingerprint density at radius 1 is 1.44 bits per heavy atom. The van der Waals surface area contributed by atoms with Crippen LogP contribution in [-0.4, -0.2) is 18.5 Å². The standard InChI is InChI=1S/C12H24N2O.ClH/c1-4-10(13)11(15)14-8-12(5-6-12)7-9(2)3;/h9-10H,4-8,13H2,1-3H3,(H,14,15);1H/t10-;/m0./s1. The van der Waals surface area contributed by atoms with Crippen LogP contribution in [0, 0.1) is 11.3 Å². The summed E-state index contributed by atoms with van der Waals surface area (Å²) in [7, 11) is 0. The lowest BCUT2D eigenvalue weighted by Gasteiger charge is -2.19. The van der Waals surface area contributed by atoms with Crippen molar-refractivity contribution in [1.29, 1.82) is 0 Å². The molecule has 0 radical (unpaired) electrons. The summed E-state index contributed by atoms with van der Waals surface area (Å²) >= 11 is 0. The maximum Gasteiger partial charge on any atom is 0.236 e. The van der Waals surface area contributed by atoms with Crippen molar-refractivity contribution in [3.8, 4) is 0 Å². The van der Waals surface area contributed by atoms with E-state index in [0.717, 1.165) is 6.54 Å². The first kappa shape index (κ1) is 15.7. The third kappa shape index (κ3) is 4.71. The van der Waals surface area contributed by atoms with Gasteiger partial charge in [-0.3, -0.25) is 4.79 Å². The first-order valence-corrected chi connectivity index (χ1v) is 6.02. The van der Waals surface area contributed by atoms with E-state index < -0.39 is 0 Å². The summed E-state index contributed by atoms with van der Waals surface area (Å²) in [6.45, 7) is 7.22. The molecule has 0 heterocycles. The van der Waals surface area contributed by atoms with Gasteiger partial charge < -0.3 is 11.1 Å². The first-order chi connectivity index (χ1) is 6.99. The van der Waals surface area contributed by atoms with Crippen LogP contribution in [0.1, 0.15) is 46.5 Å². The van der Waals surface area contributed by atoms with Gasteiger partial charge in [0.15, 0.2) is 0 Å². The molecule has 1 amide bonds. The monoisotopic (exact) mass is 248 g/mol. The van der Waals surface area contributed by atoms with Crippen molar-refractivity contribution in [2.45, 2.75) is 52.5 Å². The van der Waals surface area contributed by atoms with Gasteiger partial charge in [0.05, 0.1) is 6.04 Å². The molecule has 0 saturated heterocycles. The first-order valence-electron chi connectivity index (χ1n) is 6.02. The summed E-state index contributed by atoms with van der Waals surface area (Å²) in [6, 6.07) is -0.333. The predicted octanol–water partition coefficient (Wildman–Crippen LogP) is 2.09. The Labute approximate surface area is 105 Å². The summed E-state index contributed by atoms with van der Waals surface area (Å²) in [5.74, 6) is 0.719. The summed E-state index contributed by atoms with van der Waals surface area (Å²) < 4.78 is 0. The van der Waals surface area contributed by atoms with E-state index in [1.807, 2.05) is 6.92 Å². The predicted molar refractivity (Wildman–Crippen MR) is 69.6 cm³/mol. The van der Waals surface area contributed by atoms with Crippen LogP contribution in [0.15, 0.2) is 0 Å². The van der Waals surface area contributed by atoms with Crippen LogP contribution in [0.3, 0.4) is 0 Å². The zero-order valence-corrected chi connectivity index (χ0v) is 11.4. The van der Waals surface area contributed by atoms with Gasteiger partial charge in [0.2, 0.25) is 5.91 Å². The second-order valence-electron chi connectivity index (χ2n) is 5.33. The van der Waals surface area contributed by atoms with E-state index >= 15 is 0 Å². The van der Waals surface area contributed by atoms with Gasteiger partial charge in [-0.25, -0.2) is 0 Å². The molecule has 0 unspecified atom stereocenters. The highest BCUT2D eigenvalue weighted by Crippen LogP contribution is 2.49. The van der Waals surface area contributed by atoms with E-state index in [1.54, 1.807) is 0 Å². The van der Waals surface area contributed by atoms with Gasteiger partial charge >= 0.3 is 0 Å². The van der Waals surface area contributed by atoms with Gasteiger partial charge in [-0.1, -0.05) is 20.8 Å². The molecule has 3 N–H and O–H groups in total. The smallest absolute Gasteiger partial charge is 0.236 e. The van der Waals surface area contributed by atoms with E-state index in [1.165, 1.54) is 19.3 Å². The third-order valence-electron chi connectivity index (χ3n) is 3.21. The van der Waals surface area contributed by atoms with Crippen LogP contribution >= 0.6 is 12.4 Å². The van der Waals surface area contributed by atoms with E-state index in [4.69, 9.17) is 5.73 Å². The molecule has 0 bridgehead atoms. The SMILES string of the molecule is CC[C@H](N)C(=O)NCC1(CC(C)C)CC1.Cl. The van der Waals surface area contributed by atoms with Crippen molar-refractivity contribution in [2.75, 3.05) is 6.54 Å². The molecule has 1 atom stereocenters. The Morgan fingerprint density at radius 3 is 2.38 bits per heavy atom. The molecule has 0 aromatic heterocycles. The van der Waals surface area contributed by atoms with Crippen molar-refractivity contribution in [1.82, 2.24) is 5.32 Å². The number of nitrogens with two attached hydrogens (primary N) is 1. The molecular formula is C12H25ClN2O. The fourth-order valence-electron chi connectivity index (χ4n) is 2.09. The van der Waals surface area contributed by atoms with Gasteiger partial charge in [0.1, 0.15) is 0 Å². The zero-order chi connectivity index (χ0) is 11.5. The lowest BCUT2D eigenvalue weighted by atomic mass is 9.94. The molecule has 96 valence electrons. The lowest BCUT2D eigenvalue weighted by molar-refractivity contribution is -0.122. The van der Waals surface area contributed by atoms with Crippen molar-refractivity contribution in [3.63, 3.8) is 0 Å². The second-order valence-corrected chi connectivity index (χ2v) is 5.33. The highest BCUT2D eigenvalue weighted by Gasteiger charge is 2.42. The number of amides is 1. The molecule has 0 spiro atoms. The van der Waals surface area contributed by atoms with Crippen molar-refractivity contribution in [3.05, 3.63) is 0 Å². The molecule has 0 aromatic carbocycles. The molecule has 4 heteroatoms. The van der Waals surface area contributed by atoms with Crippen LogP contribution in [0.5, 0.6) is 0 Å². The largest absolute Gasteiger partial charge is 0.354 e. The Morgan fingerprint density at radius 2 is 2.00 bits per heavy atom. The minimum Gasteiger partial charge on any atom is -0.354 e. The van der Waals surface area contributed by atoms with E-state index in [9.17, 15) is 4.79 Å². The average Bonchev–Trinajstić information content (AvgIpc) is 2.92. The number of rotatable bonds is 6. The number of nitrogens with one attached hydrogen (secondary N) is 1. The van der Waals surface area contributed by atoms with E-state index in [0.29, 0.717) is 17.8 Å².